The van der Waals surface area contributed by atoms with Crippen LogP contribution in [0.2, 0.25) is 1.41 Å². The summed E-state index contributed by atoms with van der Waals surface area (Å²) in [6.45, 7) is 5.89. The van der Waals surface area contributed by atoms with Crippen LogP contribution in [0.4, 0.5) is 5.69 Å². The average Bonchev–Trinajstić information content (AvgIpc) is 2.21. The third kappa shape index (κ3) is 5.17. The summed E-state index contributed by atoms with van der Waals surface area (Å²) in [4.78, 5) is 0. The van der Waals surface area contributed by atoms with Crippen LogP contribution < -0.4 is 5.31 Å². The van der Waals surface area contributed by atoms with Gasteiger partial charge in [0, 0.05) is 0 Å². The second kappa shape index (κ2) is 7.14. The van der Waals surface area contributed by atoms with Crippen molar-refractivity contribution in [3.63, 3.8) is 0 Å². The van der Waals surface area contributed by atoms with E-state index in [9.17, 15) is 0 Å². The summed E-state index contributed by atoms with van der Waals surface area (Å²) in [6, 6.07) is 9.60. The first kappa shape index (κ1) is 9.56. The summed E-state index contributed by atoms with van der Waals surface area (Å²) in [5.74, 6) is 0. The molecule has 0 radical (unpaired) electrons. The maximum absolute atomic E-state index is 7.55. The van der Waals surface area contributed by atoms with Gasteiger partial charge in [-0.25, -0.2) is 0 Å². The van der Waals surface area contributed by atoms with E-state index in [0.717, 1.165) is 10.0 Å². The SMILES string of the molecule is CC.[2H]N([C](C)=[V])c1ccccc1. The van der Waals surface area contributed by atoms with Crippen LogP contribution in [0.3, 0.4) is 0 Å². The molecule has 0 aromatic heterocycles. The fourth-order valence-corrected chi connectivity index (χ4v) is 0.870. The Morgan fingerprint density at radius 2 is 1.83 bits per heavy atom. The van der Waals surface area contributed by atoms with E-state index in [0.29, 0.717) is 0 Å². The molecule has 0 saturated heterocycles. The number of hydrogen-bond acceptors (Lipinski definition) is 1. The molecule has 65 valence electrons. The summed E-state index contributed by atoms with van der Waals surface area (Å²) in [5.41, 5.74) is 0.894. The van der Waals surface area contributed by atoms with Crippen molar-refractivity contribution in [2.24, 2.45) is 0 Å². The molecule has 0 bridgehead atoms. The molecule has 0 heterocycles. The predicted molar refractivity (Wildman–Crippen MR) is 52.1 cm³/mol. The van der Waals surface area contributed by atoms with E-state index in [1.54, 1.807) is 0 Å². The monoisotopic (exact) mass is 201 g/mol. The normalized spacial score (nSPS) is 9.00. The van der Waals surface area contributed by atoms with Crippen molar-refractivity contribution >= 4 is 10.0 Å². The Morgan fingerprint density at radius 1 is 1.33 bits per heavy atom. The summed E-state index contributed by atoms with van der Waals surface area (Å²) >= 11 is 2.35. The molecule has 0 saturated carbocycles. The van der Waals surface area contributed by atoms with E-state index in [1.807, 2.05) is 51.1 Å². The van der Waals surface area contributed by atoms with Gasteiger partial charge in [-0.05, 0) is 0 Å². The standard InChI is InChI=1S/C8H9N.C2H6.V/c1-2-9-8-6-4-3-5-7-8;1-2;/h3-7,9H,1H3;1-2H3;/i/hD. The molecule has 0 aliphatic heterocycles. The number of rotatable bonds is 2. The van der Waals surface area contributed by atoms with E-state index in [4.69, 9.17) is 1.41 Å². The van der Waals surface area contributed by atoms with E-state index in [-0.39, 0.29) is 0 Å². The van der Waals surface area contributed by atoms with Crippen molar-refractivity contribution in [1.29, 1.82) is 0 Å². The molecule has 1 rings (SSSR count). The van der Waals surface area contributed by atoms with E-state index >= 15 is 0 Å². The van der Waals surface area contributed by atoms with Crippen LogP contribution in [0.5, 0.6) is 0 Å². The van der Waals surface area contributed by atoms with Crippen LogP contribution in [0, 0.1) is 0 Å². The molecule has 12 heavy (non-hydrogen) atoms. The first-order valence-electron chi connectivity index (χ1n) is 4.53. The van der Waals surface area contributed by atoms with Crippen LogP contribution >= 0.6 is 0 Å². The number of hydrogen-bond donors (Lipinski definition) is 1. The summed E-state index contributed by atoms with van der Waals surface area (Å²) < 4.78 is 8.45. The zero-order valence-corrected chi connectivity index (χ0v) is 9.18. The molecule has 0 spiro atoms. The Balaban J connectivity index is 0.000000671. The molecule has 0 aliphatic rings. The molecule has 1 N–H and O–H groups in total. The van der Waals surface area contributed by atoms with Crippen molar-refractivity contribution in [1.82, 2.24) is 0 Å². The van der Waals surface area contributed by atoms with E-state index in [2.05, 4.69) is 17.0 Å². The Bertz CT molecular complexity index is 248. The minimum atomic E-state index is 0.894. The van der Waals surface area contributed by atoms with Crippen LogP contribution in [0.25, 0.3) is 0 Å². The minimum absolute atomic E-state index is 0.894. The van der Waals surface area contributed by atoms with Gasteiger partial charge < -0.3 is 0 Å². The van der Waals surface area contributed by atoms with Crippen molar-refractivity contribution in [2.75, 3.05) is 5.31 Å². The predicted octanol–water partition coefficient (Wildman–Crippen LogP) is 2.82. The van der Waals surface area contributed by atoms with Gasteiger partial charge in [0.05, 0.1) is 0 Å². The van der Waals surface area contributed by atoms with Gasteiger partial charge in [0.15, 0.2) is 0 Å². The van der Waals surface area contributed by atoms with Crippen molar-refractivity contribution in [2.45, 2.75) is 20.8 Å². The topological polar surface area (TPSA) is 12.0 Å². The van der Waals surface area contributed by atoms with Gasteiger partial charge in [-0.1, -0.05) is 13.8 Å². The first-order chi connectivity index (χ1) is 6.22. The van der Waals surface area contributed by atoms with Gasteiger partial charge in [0.25, 0.3) is 0 Å². The molecular formula is C10H15NV. The zero-order valence-electron chi connectivity index (χ0n) is 8.78. The quantitative estimate of drug-likeness (QED) is 0.775. The van der Waals surface area contributed by atoms with E-state index in [1.165, 1.54) is 5.31 Å². The molecular weight excluding hydrogens is 185 g/mol. The fraction of sp³-hybridized carbons (Fsp3) is 0.300. The molecule has 1 nitrogen and oxygen atoms in total. The fourth-order valence-electron chi connectivity index (χ4n) is 0.689. The third-order valence-corrected chi connectivity index (χ3v) is 1.20. The Labute approximate surface area is 85.1 Å². The second-order valence-electron chi connectivity index (χ2n) is 1.99. The van der Waals surface area contributed by atoms with Gasteiger partial charge in [-0.2, -0.15) is 0 Å². The number of nitrogens with one attached hydrogen (secondary N) is 1. The Morgan fingerprint density at radius 3 is 2.25 bits per heavy atom. The second-order valence-corrected chi connectivity index (χ2v) is 3.01. The van der Waals surface area contributed by atoms with Crippen molar-refractivity contribution in [3.8, 4) is 0 Å². The zero-order chi connectivity index (χ0) is 10.3. The van der Waals surface area contributed by atoms with Gasteiger partial charge in [-0.15, -0.1) is 0 Å². The van der Waals surface area contributed by atoms with Crippen molar-refractivity contribution in [3.05, 3.63) is 30.3 Å². The average molecular weight is 201 g/mol. The number of anilines is 1. The molecule has 2 heteroatoms. The molecule has 1 aromatic rings. The third-order valence-electron chi connectivity index (χ3n) is 1.05. The summed E-state index contributed by atoms with van der Waals surface area (Å²) in [7, 11) is 0. The molecule has 0 fully saturated rings. The first-order valence-corrected chi connectivity index (χ1v) is 4.78. The number of benzene rings is 1. The van der Waals surface area contributed by atoms with Gasteiger partial charge in [0.1, 0.15) is 0 Å². The van der Waals surface area contributed by atoms with Gasteiger partial charge in [0.2, 0.25) is 0 Å². The Hall–Kier alpha value is -0.526. The van der Waals surface area contributed by atoms with Crippen LogP contribution in [0.15, 0.2) is 30.3 Å². The maximum atomic E-state index is 7.55. The molecule has 0 atom stereocenters. The van der Waals surface area contributed by atoms with Crippen LogP contribution in [-0.2, 0) is 17.0 Å². The van der Waals surface area contributed by atoms with E-state index < -0.39 is 0 Å². The summed E-state index contributed by atoms with van der Waals surface area (Å²) in [6.07, 6.45) is 0. The van der Waals surface area contributed by atoms with Crippen LogP contribution in [-0.4, -0.2) is 4.35 Å². The molecule has 0 unspecified atom stereocenters. The van der Waals surface area contributed by atoms with Crippen molar-refractivity contribution < 1.29 is 18.4 Å². The number of para-hydroxylation sites is 1. The van der Waals surface area contributed by atoms with Crippen LogP contribution in [0.1, 0.15) is 20.8 Å². The molecule has 1 aromatic carbocycles. The summed E-state index contributed by atoms with van der Waals surface area (Å²) in [5, 5.41) is 1.39. The molecule has 0 aliphatic carbocycles. The van der Waals surface area contributed by atoms with Gasteiger partial charge >= 0.3 is 71.0 Å². The van der Waals surface area contributed by atoms with Gasteiger partial charge in [-0.3, -0.25) is 0 Å². The Kier molecular flexibility index (Phi) is 5.69. The molecule has 0 amide bonds.